The van der Waals surface area contributed by atoms with Gasteiger partial charge in [0.2, 0.25) is 0 Å². The van der Waals surface area contributed by atoms with Gasteiger partial charge in [0.05, 0.1) is 0 Å². The molecular weight excluding hydrogens is 167 g/mol. The normalized spacial score (nSPS) is 22.0. The molecule has 0 amide bonds. The highest BCUT2D eigenvalue weighted by Gasteiger charge is 2.45. The van der Waals surface area contributed by atoms with Crippen LogP contribution in [0.25, 0.3) is 0 Å². The highest BCUT2D eigenvalue weighted by molar-refractivity contribution is 4.87. The smallest absolute Gasteiger partial charge is 0.306 e. The fourth-order valence-electron chi connectivity index (χ4n) is 1.54. The number of hydrogen-bond acceptors (Lipinski definition) is 1. The lowest BCUT2D eigenvalue weighted by atomic mass is 9.79. The summed E-state index contributed by atoms with van der Waals surface area (Å²) < 4.78 is 36.9. The van der Waals surface area contributed by atoms with E-state index < -0.39 is 12.2 Å². The summed E-state index contributed by atoms with van der Waals surface area (Å²) in [4.78, 5) is 0. The van der Waals surface area contributed by atoms with Crippen LogP contribution in [0.3, 0.4) is 0 Å². The molecule has 1 fully saturated rings. The van der Waals surface area contributed by atoms with Gasteiger partial charge in [-0.15, -0.1) is 0 Å². The predicted molar refractivity (Wildman–Crippen MR) is 40.9 cm³/mol. The summed E-state index contributed by atoms with van der Waals surface area (Å²) in [5.74, 6) is -0.176. The van der Waals surface area contributed by atoms with Crippen molar-refractivity contribution in [3.8, 4) is 0 Å². The molecule has 0 bridgehead atoms. The van der Waals surface area contributed by atoms with Crippen LogP contribution < -0.4 is 5.32 Å². The van der Waals surface area contributed by atoms with Crippen LogP contribution in [0.4, 0.5) is 13.2 Å². The van der Waals surface area contributed by atoms with Gasteiger partial charge in [0.15, 0.2) is 0 Å². The van der Waals surface area contributed by atoms with E-state index in [1.54, 1.807) is 6.92 Å². The molecule has 12 heavy (non-hydrogen) atoms. The van der Waals surface area contributed by atoms with Crippen LogP contribution in [-0.2, 0) is 0 Å². The lowest BCUT2D eigenvalue weighted by Gasteiger charge is -2.35. The number of nitrogens with one attached hydrogen (secondary N) is 1. The van der Waals surface area contributed by atoms with Gasteiger partial charge in [-0.05, 0) is 25.3 Å². The zero-order valence-electron chi connectivity index (χ0n) is 7.12. The number of halogens is 3. The first-order valence-corrected chi connectivity index (χ1v) is 4.35. The fraction of sp³-hybridized carbons (Fsp3) is 1.00. The van der Waals surface area contributed by atoms with Crippen LogP contribution in [0.1, 0.15) is 26.2 Å². The minimum Gasteiger partial charge on any atom is -0.306 e. The Labute approximate surface area is 70.3 Å². The van der Waals surface area contributed by atoms with E-state index in [1.807, 2.05) is 0 Å². The van der Waals surface area contributed by atoms with Crippen LogP contribution >= 0.6 is 0 Å². The van der Waals surface area contributed by atoms with E-state index in [9.17, 15) is 13.2 Å². The summed E-state index contributed by atoms with van der Waals surface area (Å²) in [6, 6.07) is -1.27. The Morgan fingerprint density at radius 3 is 2.25 bits per heavy atom. The molecule has 0 spiro atoms. The van der Waals surface area contributed by atoms with E-state index >= 15 is 0 Å². The second-order valence-electron chi connectivity index (χ2n) is 3.27. The average molecular weight is 181 g/mol. The summed E-state index contributed by atoms with van der Waals surface area (Å²) in [6.07, 6.45) is -1.68. The van der Waals surface area contributed by atoms with Crippen LogP contribution in [0.15, 0.2) is 0 Å². The van der Waals surface area contributed by atoms with E-state index in [4.69, 9.17) is 0 Å². The van der Waals surface area contributed by atoms with E-state index in [2.05, 4.69) is 5.32 Å². The molecule has 0 heterocycles. The third-order valence-electron chi connectivity index (χ3n) is 2.40. The third kappa shape index (κ3) is 2.12. The third-order valence-corrected chi connectivity index (χ3v) is 2.40. The second kappa shape index (κ2) is 3.64. The van der Waals surface area contributed by atoms with Gasteiger partial charge in [-0.1, -0.05) is 13.3 Å². The zero-order chi connectivity index (χ0) is 9.19. The van der Waals surface area contributed by atoms with E-state index in [1.165, 1.54) is 0 Å². The molecule has 1 saturated carbocycles. The van der Waals surface area contributed by atoms with Crippen molar-refractivity contribution in [2.24, 2.45) is 5.92 Å². The Bertz CT molecular complexity index is 140. The maximum atomic E-state index is 12.3. The minimum atomic E-state index is -4.07. The first-order chi connectivity index (χ1) is 5.55. The van der Waals surface area contributed by atoms with Gasteiger partial charge in [0.1, 0.15) is 6.04 Å². The Morgan fingerprint density at radius 1 is 1.42 bits per heavy atom. The molecule has 1 nitrogen and oxygen atoms in total. The molecule has 1 atom stereocenters. The van der Waals surface area contributed by atoms with Crippen LogP contribution in [0.5, 0.6) is 0 Å². The van der Waals surface area contributed by atoms with Crippen LogP contribution in [0, 0.1) is 5.92 Å². The molecule has 1 unspecified atom stereocenters. The van der Waals surface area contributed by atoms with E-state index in [-0.39, 0.29) is 5.92 Å². The highest BCUT2D eigenvalue weighted by atomic mass is 19.4. The van der Waals surface area contributed by atoms with Crippen molar-refractivity contribution in [2.45, 2.75) is 38.4 Å². The zero-order valence-corrected chi connectivity index (χ0v) is 7.12. The molecule has 1 N–H and O–H groups in total. The Balaban J connectivity index is 2.47. The Morgan fingerprint density at radius 2 is 2.00 bits per heavy atom. The summed E-state index contributed by atoms with van der Waals surface area (Å²) >= 11 is 0. The summed E-state index contributed by atoms with van der Waals surface area (Å²) in [5.41, 5.74) is 0. The van der Waals surface area contributed by atoms with Gasteiger partial charge in [0.25, 0.3) is 0 Å². The molecule has 0 aromatic heterocycles. The molecule has 1 aliphatic carbocycles. The van der Waals surface area contributed by atoms with Gasteiger partial charge < -0.3 is 5.32 Å². The number of alkyl halides is 3. The maximum Gasteiger partial charge on any atom is 0.404 e. The Hall–Kier alpha value is -0.250. The van der Waals surface area contributed by atoms with Crippen LogP contribution in [0.2, 0.25) is 0 Å². The molecule has 0 radical (unpaired) electrons. The minimum absolute atomic E-state index is 0.176. The first-order valence-electron chi connectivity index (χ1n) is 4.35. The van der Waals surface area contributed by atoms with Crippen molar-refractivity contribution >= 4 is 0 Å². The van der Waals surface area contributed by atoms with Gasteiger partial charge in [-0.2, -0.15) is 13.2 Å². The molecule has 0 aliphatic heterocycles. The van der Waals surface area contributed by atoms with Gasteiger partial charge in [0, 0.05) is 0 Å². The summed E-state index contributed by atoms with van der Waals surface area (Å²) in [7, 11) is 0. The lowest BCUT2D eigenvalue weighted by molar-refractivity contribution is -0.174. The molecule has 4 heteroatoms. The SMILES string of the molecule is CCNC(C1CCC1)C(F)(F)F. The lowest BCUT2D eigenvalue weighted by Crippen LogP contribution is -2.49. The molecule has 72 valence electrons. The number of hydrogen-bond donors (Lipinski definition) is 1. The van der Waals surface area contributed by atoms with Gasteiger partial charge in [-0.25, -0.2) is 0 Å². The van der Waals surface area contributed by atoms with Crippen LogP contribution in [-0.4, -0.2) is 18.8 Å². The molecule has 0 saturated heterocycles. The van der Waals surface area contributed by atoms with Gasteiger partial charge >= 0.3 is 6.18 Å². The second-order valence-corrected chi connectivity index (χ2v) is 3.27. The largest absolute Gasteiger partial charge is 0.404 e. The fourth-order valence-corrected chi connectivity index (χ4v) is 1.54. The quantitative estimate of drug-likeness (QED) is 0.704. The van der Waals surface area contributed by atoms with Crippen molar-refractivity contribution in [3.63, 3.8) is 0 Å². The molecule has 1 aliphatic rings. The molecular formula is C8H14F3N. The average Bonchev–Trinajstić information content (AvgIpc) is 1.80. The maximum absolute atomic E-state index is 12.3. The predicted octanol–water partition coefficient (Wildman–Crippen LogP) is 2.33. The van der Waals surface area contributed by atoms with Gasteiger partial charge in [-0.3, -0.25) is 0 Å². The van der Waals surface area contributed by atoms with Crippen molar-refractivity contribution in [2.75, 3.05) is 6.54 Å². The highest BCUT2D eigenvalue weighted by Crippen LogP contribution is 2.37. The monoisotopic (exact) mass is 181 g/mol. The van der Waals surface area contributed by atoms with Crippen molar-refractivity contribution in [1.82, 2.24) is 5.32 Å². The van der Waals surface area contributed by atoms with Crippen molar-refractivity contribution < 1.29 is 13.2 Å². The molecule has 0 aromatic carbocycles. The summed E-state index contributed by atoms with van der Waals surface area (Å²) in [5, 5.41) is 2.50. The van der Waals surface area contributed by atoms with E-state index in [0.29, 0.717) is 6.54 Å². The van der Waals surface area contributed by atoms with Crippen molar-refractivity contribution in [1.29, 1.82) is 0 Å². The standard InChI is InChI=1S/C8H14F3N/c1-2-12-7(8(9,10)11)6-4-3-5-6/h6-7,12H,2-5H2,1H3. The van der Waals surface area contributed by atoms with Crippen molar-refractivity contribution in [3.05, 3.63) is 0 Å². The molecule has 0 aromatic rings. The van der Waals surface area contributed by atoms with E-state index in [0.717, 1.165) is 19.3 Å². The molecule has 1 rings (SSSR count). The Kier molecular flexibility index (Phi) is 2.99. The summed E-state index contributed by atoms with van der Waals surface area (Å²) in [6.45, 7) is 2.10. The topological polar surface area (TPSA) is 12.0 Å². The first kappa shape index (κ1) is 9.84. The number of rotatable bonds is 3.